The highest BCUT2D eigenvalue weighted by Crippen LogP contribution is 2.26. The van der Waals surface area contributed by atoms with Crippen molar-refractivity contribution in [3.63, 3.8) is 0 Å². The summed E-state index contributed by atoms with van der Waals surface area (Å²) in [5, 5.41) is 10.2. The van der Waals surface area contributed by atoms with Crippen molar-refractivity contribution < 1.29 is 14.6 Å². The molecule has 1 aliphatic heterocycles. The molecule has 1 saturated carbocycles. The number of hydrogen-bond acceptors (Lipinski definition) is 3. The van der Waals surface area contributed by atoms with Gasteiger partial charge in [-0.05, 0) is 51.9 Å². The van der Waals surface area contributed by atoms with Crippen molar-refractivity contribution in [2.24, 2.45) is 5.92 Å². The first-order valence-corrected chi connectivity index (χ1v) is 8.07. The fourth-order valence-electron chi connectivity index (χ4n) is 2.98. The van der Waals surface area contributed by atoms with E-state index < -0.39 is 11.7 Å². The lowest BCUT2D eigenvalue weighted by Crippen LogP contribution is -2.33. The van der Waals surface area contributed by atoms with Crippen LogP contribution in [0.25, 0.3) is 0 Å². The Hall–Kier alpha value is -0.560. The van der Waals surface area contributed by atoms with Gasteiger partial charge in [-0.25, -0.2) is 0 Å². The zero-order valence-electron chi connectivity index (χ0n) is 12.9. The average molecular weight is 280 g/mol. The Labute approximate surface area is 123 Å². The zero-order chi connectivity index (χ0) is 14.4. The van der Waals surface area contributed by atoms with Gasteiger partial charge in [0.25, 0.3) is 0 Å². The van der Waals surface area contributed by atoms with E-state index in [0.717, 1.165) is 38.7 Å². The van der Waals surface area contributed by atoms with E-state index in [4.69, 9.17) is 9.47 Å². The highest BCUT2D eigenvalue weighted by atomic mass is 16.7. The summed E-state index contributed by atoms with van der Waals surface area (Å²) in [5.41, 5.74) is -0.558. The molecule has 0 spiro atoms. The summed E-state index contributed by atoms with van der Waals surface area (Å²) in [4.78, 5) is 0. The van der Waals surface area contributed by atoms with Crippen molar-refractivity contribution in [1.29, 1.82) is 0 Å². The molecule has 0 radical (unpaired) electrons. The van der Waals surface area contributed by atoms with Crippen molar-refractivity contribution in [1.82, 2.24) is 0 Å². The van der Waals surface area contributed by atoms with Crippen LogP contribution in [-0.2, 0) is 9.47 Å². The fraction of sp³-hybridized carbons (Fsp3) is 0.882. The normalized spacial score (nSPS) is 26.6. The first-order valence-electron chi connectivity index (χ1n) is 8.07. The number of aliphatic hydroxyl groups excluding tert-OH is 1. The summed E-state index contributed by atoms with van der Waals surface area (Å²) in [7, 11) is 0. The predicted octanol–water partition coefficient (Wildman–Crippen LogP) is 3.25. The van der Waals surface area contributed by atoms with Gasteiger partial charge < -0.3 is 14.6 Å². The van der Waals surface area contributed by atoms with Crippen molar-refractivity contribution in [2.45, 2.75) is 83.2 Å². The molecule has 2 atom stereocenters. The van der Waals surface area contributed by atoms with Crippen molar-refractivity contribution in [3.05, 3.63) is 0 Å². The van der Waals surface area contributed by atoms with Gasteiger partial charge in [-0.15, -0.1) is 0 Å². The van der Waals surface area contributed by atoms with E-state index >= 15 is 0 Å². The summed E-state index contributed by atoms with van der Waals surface area (Å²) in [6, 6.07) is 0. The van der Waals surface area contributed by atoms with E-state index in [1.807, 2.05) is 13.8 Å². The van der Waals surface area contributed by atoms with E-state index in [9.17, 15) is 5.11 Å². The summed E-state index contributed by atoms with van der Waals surface area (Å²) in [6.07, 6.45) is 8.50. The van der Waals surface area contributed by atoms with Crippen molar-refractivity contribution in [2.75, 3.05) is 6.61 Å². The highest BCUT2D eigenvalue weighted by Gasteiger charge is 2.25. The SMILES string of the molecule is CC(C)(C#C[C@H](O)C1CCCCC1)OC1CCCCO1. The Morgan fingerprint density at radius 1 is 1.10 bits per heavy atom. The molecule has 20 heavy (non-hydrogen) atoms. The second-order valence-electron chi connectivity index (χ2n) is 6.54. The Bertz CT molecular complexity index is 341. The van der Waals surface area contributed by atoms with E-state index in [1.165, 1.54) is 19.3 Å². The maximum Gasteiger partial charge on any atom is 0.159 e. The number of aliphatic hydroxyl groups is 1. The number of rotatable bonds is 3. The summed E-state index contributed by atoms with van der Waals surface area (Å²) in [5.74, 6) is 6.45. The molecule has 2 rings (SSSR count). The summed E-state index contributed by atoms with van der Waals surface area (Å²) < 4.78 is 11.5. The molecule has 1 N–H and O–H groups in total. The van der Waals surface area contributed by atoms with Gasteiger partial charge in [-0.2, -0.15) is 0 Å². The monoisotopic (exact) mass is 280 g/mol. The van der Waals surface area contributed by atoms with Gasteiger partial charge in [-0.3, -0.25) is 0 Å². The lowest BCUT2D eigenvalue weighted by molar-refractivity contribution is -0.199. The topological polar surface area (TPSA) is 38.7 Å². The van der Waals surface area contributed by atoms with Crippen molar-refractivity contribution >= 4 is 0 Å². The quantitative estimate of drug-likeness (QED) is 0.807. The molecule has 0 aromatic rings. The third-order valence-electron chi connectivity index (χ3n) is 4.18. The van der Waals surface area contributed by atoms with Crippen LogP contribution >= 0.6 is 0 Å². The lowest BCUT2D eigenvalue weighted by Gasteiger charge is -2.29. The van der Waals surface area contributed by atoms with E-state index in [-0.39, 0.29) is 6.29 Å². The van der Waals surface area contributed by atoms with Crippen molar-refractivity contribution in [3.8, 4) is 11.8 Å². The van der Waals surface area contributed by atoms with Crippen LogP contribution in [0.5, 0.6) is 0 Å². The largest absolute Gasteiger partial charge is 0.380 e. The third-order valence-corrected chi connectivity index (χ3v) is 4.18. The van der Waals surface area contributed by atoms with Gasteiger partial charge in [0, 0.05) is 6.61 Å². The standard InChI is InChI=1S/C17H28O3/c1-17(2,20-16-10-6-7-13-19-16)12-11-15(18)14-8-4-3-5-9-14/h14-16,18H,3-10,13H2,1-2H3/t15-,16?/m0/s1. The van der Waals surface area contributed by atoms with Crippen LogP contribution in [0, 0.1) is 17.8 Å². The smallest absolute Gasteiger partial charge is 0.159 e. The fourth-order valence-corrected chi connectivity index (χ4v) is 2.98. The molecule has 0 amide bonds. The molecule has 0 bridgehead atoms. The van der Waals surface area contributed by atoms with Gasteiger partial charge in [0.2, 0.25) is 0 Å². The van der Waals surface area contributed by atoms with Crippen LogP contribution in [0.4, 0.5) is 0 Å². The number of ether oxygens (including phenoxy) is 2. The Morgan fingerprint density at radius 2 is 1.80 bits per heavy atom. The molecule has 1 saturated heterocycles. The second kappa shape index (κ2) is 7.45. The number of hydrogen-bond donors (Lipinski definition) is 1. The molecule has 2 aliphatic rings. The Morgan fingerprint density at radius 3 is 2.45 bits per heavy atom. The van der Waals surface area contributed by atoms with E-state index in [0.29, 0.717) is 5.92 Å². The van der Waals surface area contributed by atoms with Gasteiger partial charge >= 0.3 is 0 Å². The molecule has 1 unspecified atom stereocenters. The van der Waals surface area contributed by atoms with Crippen LogP contribution in [0.2, 0.25) is 0 Å². The van der Waals surface area contributed by atoms with Gasteiger partial charge in [0.15, 0.2) is 6.29 Å². The molecule has 3 nitrogen and oxygen atoms in total. The Kier molecular flexibility index (Phi) is 5.89. The zero-order valence-corrected chi connectivity index (χ0v) is 12.9. The first-order chi connectivity index (χ1) is 9.57. The lowest BCUT2D eigenvalue weighted by atomic mass is 9.85. The maximum absolute atomic E-state index is 10.2. The minimum Gasteiger partial charge on any atom is -0.380 e. The summed E-state index contributed by atoms with van der Waals surface area (Å²) >= 11 is 0. The average Bonchev–Trinajstić information content (AvgIpc) is 2.46. The van der Waals surface area contributed by atoms with Crippen LogP contribution in [0.15, 0.2) is 0 Å². The minimum atomic E-state index is -0.558. The molecule has 114 valence electrons. The van der Waals surface area contributed by atoms with Gasteiger partial charge in [0.05, 0.1) is 0 Å². The van der Waals surface area contributed by atoms with Crippen LogP contribution < -0.4 is 0 Å². The minimum absolute atomic E-state index is 0.139. The van der Waals surface area contributed by atoms with Gasteiger partial charge in [0.1, 0.15) is 11.7 Å². The highest BCUT2D eigenvalue weighted by molar-refractivity contribution is 5.15. The molecule has 1 heterocycles. The molecule has 1 aliphatic carbocycles. The molecule has 0 aromatic heterocycles. The molecular formula is C17H28O3. The van der Waals surface area contributed by atoms with E-state index in [1.54, 1.807) is 0 Å². The molecule has 2 fully saturated rings. The van der Waals surface area contributed by atoms with E-state index in [2.05, 4.69) is 11.8 Å². The summed E-state index contributed by atoms with van der Waals surface area (Å²) in [6.45, 7) is 4.68. The Balaban J connectivity index is 1.84. The van der Waals surface area contributed by atoms with Crippen LogP contribution in [0.1, 0.15) is 65.2 Å². The third kappa shape index (κ3) is 5.09. The molecular weight excluding hydrogens is 252 g/mol. The molecule has 3 heteroatoms. The van der Waals surface area contributed by atoms with Crippen LogP contribution in [0.3, 0.4) is 0 Å². The predicted molar refractivity (Wildman–Crippen MR) is 79.1 cm³/mol. The molecule has 0 aromatic carbocycles. The van der Waals surface area contributed by atoms with Crippen LogP contribution in [-0.4, -0.2) is 29.7 Å². The first kappa shape index (κ1) is 15.8. The maximum atomic E-state index is 10.2. The second-order valence-corrected chi connectivity index (χ2v) is 6.54. The van der Waals surface area contributed by atoms with Gasteiger partial charge in [-0.1, -0.05) is 31.1 Å².